The van der Waals surface area contributed by atoms with E-state index in [2.05, 4.69) is 23.0 Å². The second-order valence-electron chi connectivity index (χ2n) is 7.61. The first-order valence-electron chi connectivity index (χ1n) is 10.2. The van der Waals surface area contributed by atoms with Gasteiger partial charge in [0.05, 0.1) is 44.5 Å². The molecule has 0 aromatic carbocycles. The highest BCUT2D eigenvalue weighted by Gasteiger charge is 2.25. The molecule has 0 saturated carbocycles. The fraction of sp³-hybridized carbons (Fsp3) is 0.571. The fourth-order valence-corrected chi connectivity index (χ4v) is 3.98. The van der Waals surface area contributed by atoms with Crippen LogP contribution in [0.3, 0.4) is 0 Å². The van der Waals surface area contributed by atoms with E-state index in [1.54, 1.807) is 13.3 Å². The monoisotopic (exact) mass is 418 g/mol. The molecule has 2 aliphatic heterocycles. The Morgan fingerprint density at radius 2 is 2.10 bits per heavy atom. The highest BCUT2D eigenvalue weighted by atomic mass is 16.5. The lowest BCUT2D eigenvalue weighted by Crippen LogP contribution is -2.18. The summed E-state index contributed by atoms with van der Waals surface area (Å²) in [5.41, 5.74) is 4.26. The number of fused-ring (bicyclic) bond motifs is 1. The van der Waals surface area contributed by atoms with Crippen molar-refractivity contribution < 1.29 is 24.1 Å². The van der Waals surface area contributed by atoms with Gasteiger partial charge in [0.15, 0.2) is 0 Å². The number of nitrogens with zero attached hydrogens (tertiary/aromatic N) is 4. The lowest BCUT2D eigenvalue weighted by Gasteiger charge is -2.11. The molecule has 9 nitrogen and oxygen atoms in total. The molecule has 4 rings (SSSR count). The molecular weight excluding hydrogens is 388 g/mol. The number of carbonyl (C=O) groups is 1. The summed E-state index contributed by atoms with van der Waals surface area (Å²) in [5.74, 6) is 1.96. The Kier molecular flexibility index (Phi) is 7.64. The third kappa shape index (κ3) is 5.09. The van der Waals surface area contributed by atoms with E-state index in [0.717, 1.165) is 48.8 Å². The summed E-state index contributed by atoms with van der Waals surface area (Å²) >= 11 is 0. The van der Waals surface area contributed by atoms with Crippen LogP contribution in [0.25, 0.3) is 5.69 Å². The Balaban J connectivity index is 0.000000806. The number of aryl methyl sites for hydroxylation is 1. The molecule has 164 valence electrons. The van der Waals surface area contributed by atoms with Gasteiger partial charge in [0.1, 0.15) is 0 Å². The minimum absolute atomic E-state index is 0.250. The van der Waals surface area contributed by atoms with E-state index >= 15 is 0 Å². The second kappa shape index (κ2) is 10.4. The molecule has 9 heteroatoms. The summed E-state index contributed by atoms with van der Waals surface area (Å²) < 4.78 is 19.2. The number of carboxylic acid groups (broad SMARTS) is 1. The topological polar surface area (TPSA) is 98.9 Å². The maximum Gasteiger partial charge on any atom is 0.290 e. The molecule has 1 unspecified atom stereocenters. The van der Waals surface area contributed by atoms with Crippen molar-refractivity contribution in [1.82, 2.24) is 19.7 Å². The molecule has 4 heterocycles. The summed E-state index contributed by atoms with van der Waals surface area (Å²) in [6, 6.07) is 2.06. The van der Waals surface area contributed by atoms with Crippen molar-refractivity contribution in [3.05, 3.63) is 29.1 Å². The molecule has 0 aliphatic carbocycles. The summed E-state index contributed by atoms with van der Waals surface area (Å²) in [7, 11) is 3.80. The van der Waals surface area contributed by atoms with E-state index in [1.807, 2.05) is 11.6 Å². The zero-order valence-electron chi connectivity index (χ0n) is 17.8. The first-order chi connectivity index (χ1) is 14.6. The van der Waals surface area contributed by atoms with Crippen LogP contribution in [0.2, 0.25) is 0 Å². The molecule has 0 amide bonds. The minimum Gasteiger partial charge on any atom is -0.483 e. The van der Waals surface area contributed by atoms with Crippen LogP contribution in [0.5, 0.6) is 11.8 Å². The van der Waals surface area contributed by atoms with E-state index < -0.39 is 0 Å². The quantitative estimate of drug-likeness (QED) is 0.733. The van der Waals surface area contributed by atoms with E-state index in [0.29, 0.717) is 31.6 Å². The third-order valence-corrected chi connectivity index (χ3v) is 5.43. The number of aromatic nitrogens is 3. The molecule has 2 aliphatic rings. The van der Waals surface area contributed by atoms with Crippen LogP contribution in [-0.4, -0.2) is 78.3 Å². The molecule has 1 N–H and O–H groups in total. The SMILES string of the molecule is COc1ncc(-n2nc(OCC3CCN(C)C3)c3c2CCOCC3)cc1C.O=CO. The molecule has 0 spiro atoms. The van der Waals surface area contributed by atoms with Gasteiger partial charge in [-0.15, -0.1) is 5.10 Å². The predicted molar refractivity (Wildman–Crippen MR) is 111 cm³/mol. The van der Waals surface area contributed by atoms with Crippen molar-refractivity contribution in [3.8, 4) is 17.4 Å². The molecule has 2 aromatic heterocycles. The molecule has 30 heavy (non-hydrogen) atoms. The number of pyridine rings is 1. The molecule has 1 saturated heterocycles. The van der Waals surface area contributed by atoms with E-state index in [-0.39, 0.29) is 6.47 Å². The number of rotatable bonds is 5. The van der Waals surface area contributed by atoms with E-state index in [4.69, 9.17) is 29.2 Å². The van der Waals surface area contributed by atoms with Gasteiger partial charge in [-0.25, -0.2) is 9.67 Å². The number of methoxy groups -OCH3 is 1. The Morgan fingerprint density at radius 3 is 2.77 bits per heavy atom. The summed E-state index contributed by atoms with van der Waals surface area (Å²) in [4.78, 5) is 15.1. The van der Waals surface area contributed by atoms with Gasteiger partial charge in [-0.3, -0.25) is 4.79 Å². The van der Waals surface area contributed by atoms with Gasteiger partial charge in [0, 0.05) is 36.4 Å². The van der Waals surface area contributed by atoms with Crippen LogP contribution in [0, 0.1) is 12.8 Å². The summed E-state index contributed by atoms with van der Waals surface area (Å²) in [6.45, 7) is 6.11. The van der Waals surface area contributed by atoms with E-state index in [1.165, 1.54) is 12.0 Å². The van der Waals surface area contributed by atoms with Gasteiger partial charge in [0.2, 0.25) is 11.8 Å². The first kappa shape index (κ1) is 22.0. The highest BCUT2D eigenvalue weighted by molar-refractivity contribution is 5.43. The minimum atomic E-state index is -0.250. The molecule has 1 atom stereocenters. The van der Waals surface area contributed by atoms with Crippen molar-refractivity contribution in [3.63, 3.8) is 0 Å². The Hall–Kier alpha value is -2.65. The van der Waals surface area contributed by atoms with Crippen molar-refractivity contribution in [1.29, 1.82) is 0 Å². The van der Waals surface area contributed by atoms with Crippen LogP contribution >= 0.6 is 0 Å². The second-order valence-corrected chi connectivity index (χ2v) is 7.61. The van der Waals surface area contributed by atoms with Crippen LogP contribution < -0.4 is 9.47 Å². The highest BCUT2D eigenvalue weighted by Crippen LogP contribution is 2.29. The lowest BCUT2D eigenvalue weighted by atomic mass is 10.1. The number of ether oxygens (including phenoxy) is 3. The normalized spacial score (nSPS) is 18.7. The fourth-order valence-electron chi connectivity index (χ4n) is 3.98. The zero-order chi connectivity index (χ0) is 21.5. The Morgan fingerprint density at radius 1 is 1.33 bits per heavy atom. The van der Waals surface area contributed by atoms with Crippen molar-refractivity contribution in [2.45, 2.75) is 26.2 Å². The van der Waals surface area contributed by atoms with Crippen molar-refractivity contribution in [2.24, 2.45) is 5.92 Å². The Bertz CT molecular complexity index is 854. The van der Waals surface area contributed by atoms with Gasteiger partial charge in [-0.05, 0) is 33.0 Å². The van der Waals surface area contributed by atoms with Crippen LogP contribution in [0.1, 0.15) is 23.2 Å². The largest absolute Gasteiger partial charge is 0.483 e. The molecular formula is C21H30N4O5. The van der Waals surface area contributed by atoms with Gasteiger partial charge >= 0.3 is 0 Å². The average Bonchev–Trinajstić information content (AvgIpc) is 3.21. The summed E-state index contributed by atoms with van der Waals surface area (Å²) in [5, 5.41) is 11.7. The van der Waals surface area contributed by atoms with Gasteiger partial charge in [-0.2, -0.15) is 0 Å². The number of hydrogen-bond acceptors (Lipinski definition) is 7. The average molecular weight is 418 g/mol. The van der Waals surface area contributed by atoms with Gasteiger partial charge < -0.3 is 24.2 Å². The third-order valence-electron chi connectivity index (χ3n) is 5.43. The molecule has 0 bridgehead atoms. The van der Waals surface area contributed by atoms with Crippen LogP contribution in [0.4, 0.5) is 0 Å². The van der Waals surface area contributed by atoms with E-state index in [9.17, 15) is 0 Å². The predicted octanol–water partition coefficient (Wildman–Crippen LogP) is 1.73. The van der Waals surface area contributed by atoms with Crippen molar-refractivity contribution in [2.75, 3.05) is 47.1 Å². The zero-order valence-corrected chi connectivity index (χ0v) is 17.8. The maximum absolute atomic E-state index is 8.36. The van der Waals surface area contributed by atoms with Crippen LogP contribution in [-0.2, 0) is 22.4 Å². The molecule has 0 radical (unpaired) electrons. The Labute approximate surface area is 176 Å². The van der Waals surface area contributed by atoms with Crippen LogP contribution in [0.15, 0.2) is 12.3 Å². The maximum atomic E-state index is 8.36. The first-order valence-corrected chi connectivity index (χ1v) is 10.2. The smallest absolute Gasteiger partial charge is 0.290 e. The summed E-state index contributed by atoms with van der Waals surface area (Å²) in [6.07, 6.45) is 4.64. The van der Waals surface area contributed by atoms with Crippen molar-refractivity contribution >= 4 is 6.47 Å². The molecule has 1 fully saturated rings. The van der Waals surface area contributed by atoms with Gasteiger partial charge in [0.25, 0.3) is 6.47 Å². The van der Waals surface area contributed by atoms with Gasteiger partial charge in [-0.1, -0.05) is 0 Å². The number of hydrogen-bond donors (Lipinski definition) is 1. The number of likely N-dealkylation sites (tertiary alicyclic amines) is 1. The molecule has 2 aromatic rings. The lowest BCUT2D eigenvalue weighted by molar-refractivity contribution is -0.122. The standard InChI is InChI=1S/C20H28N4O3.CH2O2/c1-14-10-16(11-21-19(14)25-3)24-18-6-9-26-8-5-17(18)20(22-24)27-13-15-4-7-23(2)12-15;2-1-3/h10-11,15H,4-9,12-13H2,1-3H3;1H,(H,2,3).